The third-order valence-corrected chi connectivity index (χ3v) is 5.59. The molecule has 0 aliphatic carbocycles. The maximum Gasteiger partial charge on any atom is 0.290 e. The van der Waals surface area contributed by atoms with Crippen LogP contribution in [0.25, 0.3) is 17.2 Å². The van der Waals surface area contributed by atoms with Gasteiger partial charge < -0.3 is 4.42 Å². The number of fused-ring (bicyclic) bond motifs is 1. The smallest absolute Gasteiger partial charge is 0.290 e. The monoisotopic (exact) mass is 318 g/mol. The summed E-state index contributed by atoms with van der Waals surface area (Å²) in [6, 6.07) is 5.59. The number of nitrogens with one attached hydrogen (secondary N) is 1. The topological polar surface area (TPSA) is 72.2 Å². The second-order valence-corrected chi connectivity index (χ2v) is 11.8. The molecule has 0 aromatic carbocycles. The Kier molecular flexibility index (Phi) is 3.25. The van der Waals surface area contributed by atoms with Crippen LogP contribution >= 0.6 is 11.8 Å². The van der Waals surface area contributed by atoms with Gasteiger partial charge in [0.1, 0.15) is 13.6 Å². The van der Waals surface area contributed by atoms with Crippen molar-refractivity contribution in [2.75, 3.05) is 0 Å². The number of hydrogen-bond donors (Lipinski definition) is 1. The minimum Gasteiger partial charge on any atom is -0.465 e. The third-order valence-electron chi connectivity index (χ3n) is 3.06. The van der Waals surface area contributed by atoms with Crippen molar-refractivity contribution in [2.45, 2.75) is 19.6 Å². The van der Waals surface area contributed by atoms with Crippen molar-refractivity contribution >= 4 is 53.5 Å². The van der Waals surface area contributed by atoms with Gasteiger partial charge in [-0.05, 0) is 30.0 Å². The van der Waals surface area contributed by atoms with E-state index in [0.29, 0.717) is 10.6 Å². The van der Waals surface area contributed by atoms with Crippen LogP contribution in [-0.2, 0) is 4.79 Å². The highest BCUT2D eigenvalue weighted by atomic mass is 32.2. The van der Waals surface area contributed by atoms with E-state index >= 15 is 0 Å². The van der Waals surface area contributed by atoms with E-state index < -0.39 is 8.07 Å². The first kappa shape index (κ1) is 14.1. The zero-order chi connectivity index (χ0) is 15.2. The van der Waals surface area contributed by atoms with Crippen molar-refractivity contribution in [3.05, 3.63) is 28.8 Å². The number of nitrogens with zero attached hydrogens (tertiary/aromatic N) is 1. The van der Waals surface area contributed by atoms with Gasteiger partial charge >= 0.3 is 0 Å². The molecule has 3 heterocycles. The van der Waals surface area contributed by atoms with Crippen molar-refractivity contribution in [1.82, 2.24) is 10.3 Å². The second kappa shape index (κ2) is 4.85. The maximum absolute atomic E-state index is 11.5. The molecule has 0 saturated carbocycles. The van der Waals surface area contributed by atoms with Crippen LogP contribution in [0.2, 0.25) is 19.6 Å². The minimum absolute atomic E-state index is 0.350. The molecule has 3 rings (SSSR count). The lowest BCUT2D eigenvalue weighted by Gasteiger charge is -2.10. The highest BCUT2D eigenvalue weighted by Gasteiger charge is 2.25. The second-order valence-electron chi connectivity index (χ2n) is 5.83. The van der Waals surface area contributed by atoms with E-state index in [0.717, 1.165) is 28.2 Å². The Morgan fingerprint density at radius 3 is 2.67 bits per heavy atom. The molecule has 1 fully saturated rings. The van der Waals surface area contributed by atoms with Gasteiger partial charge in [0.2, 0.25) is 0 Å². The maximum atomic E-state index is 11.5. The van der Waals surface area contributed by atoms with Crippen LogP contribution in [0.5, 0.6) is 0 Å². The summed E-state index contributed by atoms with van der Waals surface area (Å²) in [6.45, 7) is 6.62. The molecule has 21 heavy (non-hydrogen) atoms. The summed E-state index contributed by atoms with van der Waals surface area (Å²) in [4.78, 5) is 27.5. The van der Waals surface area contributed by atoms with E-state index in [4.69, 9.17) is 4.42 Å². The number of aromatic nitrogens is 1. The van der Waals surface area contributed by atoms with Gasteiger partial charge in [0.25, 0.3) is 11.1 Å². The Bertz CT molecular complexity index is 789. The largest absolute Gasteiger partial charge is 0.465 e. The molecule has 1 aliphatic heterocycles. The van der Waals surface area contributed by atoms with E-state index in [2.05, 4.69) is 29.9 Å². The van der Waals surface area contributed by atoms with Crippen LogP contribution in [0.1, 0.15) is 5.69 Å². The molecule has 1 N–H and O–H groups in total. The van der Waals surface area contributed by atoms with Crippen LogP contribution in [0, 0.1) is 0 Å². The molecule has 2 aromatic heterocycles. The van der Waals surface area contributed by atoms with E-state index in [-0.39, 0.29) is 11.1 Å². The van der Waals surface area contributed by atoms with E-state index in [1.807, 2.05) is 12.1 Å². The van der Waals surface area contributed by atoms with Gasteiger partial charge in [-0.1, -0.05) is 19.6 Å². The number of furan rings is 1. The van der Waals surface area contributed by atoms with Crippen LogP contribution in [0.3, 0.4) is 0 Å². The van der Waals surface area contributed by atoms with E-state index in [1.54, 1.807) is 12.1 Å². The number of thioether (sulfide) groups is 1. The summed E-state index contributed by atoms with van der Waals surface area (Å²) < 4.78 is 5.84. The predicted octanol–water partition coefficient (Wildman–Crippen LogP) is 2.70. The standard InChI is InChI=1S/C14H14N2O3SSi/c1-21(2,3)12-7-9-10(19-12)5-4-8(15-9)6-11-13(17)16-14(18)20-11/h4-7H,1-3H3,(H,16,17,18)/b11-6-. The molecule has 7 heteroatoms. The van der Waals surface area contributed by atoms with Gasteiger partial charge in [-0.2, -0.15) is 0 Å². The SMILES string of the molecule is C[Si](C)(C)c1cc2nc(/C=C3\SC(=O)NC3=O)ccc2o1. The number of amides is 2. The Balaban J connectivity index is 2.00. The number of carbonyl (C=O) groups is 2. The van der Waals surface area contributed by atoms with Crippen molar-refractivity contribution in [3.63, 3.8) is 0 Å². The molecular formula is C14H14N2O3SSi. The van der Waals surface area contributed by atoms with Crippen molar-refractivity contribution in [1.29, 1.82) is 0 Å². The Morgan fingerprint density at radius 1 is 1.29 bits per heavy atom. The van der Waals surface area contributed by atoms with Gasteiger partial charge in [0.15, 0.2) is 5.58 Å². The number of hydrogen-bond acceptors (Lipinski definition) is 5. The fourth-order valence-electron chi connectivity index (χ4n) is 1.95. The molecule has 108 valence electrons. The average molecular weight is 318 g/mol. The quantitative estimate of drug-likeness (QED) is 0.681. The van der Waals surface area contributed by atoms with Gasteiger partial charge in [-0.25, -0.2) is 4.98 Å². The summed E-state index contributed by atoms with van der Waals surface area (Å²) >= 11 is 0.888. The van der Waals surface area contributed by atoms with Crippen molar-refractivity contribution < 1.29 is 14.0 Å². The van der Waals surface area contributed by atoms with Gasteiger partial charge in [0, 0.05) is 6.07 Å². The van der Waals surface area contributed by atoms with Gasteiger partial charge in [0.05, 0.1) is 16.0 Å². The van der Waals surface area contributed by atoms with Crippen molar-refractivity contribution in [2.24, 2.45) is 0 Å². The fourth-order valence-corrected chi connectivity index (χ4v) is 3.60. The summed E-state index contributed by atoms with van der Waals surface area (Å²) in [6.07, 6.45) is 1.62. The van der Waals surface area contributed by atoms with Crippen LogP contribution in [-0.4, -0.2) is 24.2 Å². The average Bonchev–Trinajstić information content (AvgIpc) is 2.92. The lowest BCUT2D eigenvalue weighted by molar-refractivity contribution is -0.115. The van der Waals surface area contributed by atoms with E-state index in [1.165, 1.54) is 0 Å². The Morgan fingerprint density at radius 2 is 2.05 bits per heavy atom. The molecule has 0 atom stereocenters. The van der Waals surface area contributed by atoms with E-state index in [9.17, 15) is 9.59 Å². The van der Waals surface area contributed by atoms with Gasteiger partial charge in [-0.15, -0.1) is 0 Å². The molecule has 0 radical (unpaired) electrons. The summed E-state index contributed by atoms with van der Waals surface area (Å²) in [7, 11) is -1.52. The first-order valence-electron chi connectivity index (χ1n) is 6.49. The summed E-state index contributed by atoms with van der Waals surface area (Å²) in [5.41, 5.74) is 2.16. The first-order chi connectivity index (χ1) is 9.83. The number of imide groups is 1. The summed E-state index contributed by atoms with van der Waals surface area (Å²) in [5.74, 6) is -0.373. The molecule has 1 aliphatic rings. The zero-order valence-electron chi connectivity index (χ0n) is 11.9. The van der Waals surface area contributed by atoms with Gasteiger partial charge in [-0.3, -0.25) is 14.9 Å². The number of carbonyl (C=O) groups excluding carboxylic acids is 2. The molecule has 1 saturated heterocycles. The predicted molar refractivity (Wildman–Crippen MR) is 86.1 cm³/mol. The highest BCUT2D eigenvalue weighted by Crippen LogP contribution is 2.25. The third kappa shape index (κ3) is 2.79. The lowest BCUT2D eigenvalue weighted by Crippen LogP contribution is -2.36. The van der Waals surface area contributed by atoms with Crippen molar-refractivity contribution in [3.8, 4) is 0 Å². The molecule has 0 unspecified atom stereocenters. The normalized spacial score (nSPS) is 17.8. The molecule has 0 spiro atoms. The lowest BCUT2D eigenvalue weighted by atomic mass is 10.3. The molecule has 5 nitrogen and oxygen atoms in total. The summed E-state index contributed by atoms with van der Waals surface area (Å²) in [5, 5.41) is 2.87. The molecule has 2 amide bonds. The van der Waals surface area contributed by atoms with Crippen LogP contribution in [0.4, 0.5) is 4.79 Å². The molecular weight excluding hydrogens is 304 g/mol. The number of pyridine rings is 1. The zero-order valence-corrected chi connectivity index (χ0v) is 13.7. The molecule has 2 aromatic rings. The Labute approximate surface area is 126 Å². The number of rotatable bonds is 2. The van der Waals surface area contributed by atoms with Crippen LogP contribution < -0.4 is 10.7 Å². The fraction of sp³-hybridized carbons (Fsp3) is 0.214. The Hall–Kier alpha value is -1.86. The minimum atomic E-state index is -1.52. The highest BCUT2D eigenvalue weighted by molar-refractivity contribution is 8.18. The molecule has 0 bridgehead atoms. The first-order valence-corrected chi connectivity index (χ1v) is 10.8. The van der Waals surface area contributed by atoms with Crippen LogP contribution in [0.15, 0.2) is 27.5 Å².